The largest absolute Gasteiger partial charge is 0.378 e. The molecule has 0 saturated carbocycles. The number of hydrogen-bond acceptors (Lipinski definition) is 6. The molecule has 1 fully saturated rings. The zero-order valence-corrected chi connectivity index (χ0v) is 13.8. The van der Waals surface area contributed by atoms with Crippen molar-refractivity contribution in [2.45, 2.75) is 45.4 Å². The first-order valence-electron chi connectivity index (χ1n) is 6.82. The van der Waals surface area contributed by atoms with Gasteiger partial charge in [-0.25, -0.2) is 13.4 Å². The van der Waals surface area contributed by atoms with Gasteiger partial charge in [-0.2, -0.15) is 0 Å². The quantitative estimate of drug-likeness (QED) is 0.864. The van der Waals surface area contributed by atoms with E-state index in [4.69, 9.17) is 4.74 Å². The smallest absolute Gasteiger partial charge is 0.151 e. The van der Waals surface area contributed by atoms with Gasteiger partial charge >= 0.3 is 0 Å². The van der Waals surface area contributed by atoms with E-state index in [1.54, 1.807) is 18.4 Å². The molecule has 1 atom stereocenters. The van der Waals surface area contributed by atoms with Gasteiger partial charge < -0.3 is 10.1 Å². The van der Waals surface area contributed by atoms with Crippen molar-refractivity contribution in [3.8, 4) is 0 Å². The van der Waals surface area contributed by atoms with E-state index in [0.29, 0.717) is 19.1 Å². The molecule has 1 unspecified atom stereocenters. The van der Waals surface area contributed by atoms with E-state index < -0.39 is 9.84 Å². The lowest BCUT2D eigenvalue weighted by Gasteiger charge is -2.07. The summed E-state index contributed by atoms with van der Waals surface area (Å²) in [6, 6.07) is 0.405. The minimum atomic E-state index is -2.87. The molecular weight excluding hydrogens is 296 g/mol. The molecule has 1 N–H and O–H groups in total. The molecule has 5 nitrogen and oxygen atoms in total. The Kier molecular flexibility index (Phi) is 5.17. The van der Waals surface area contributed by atoms with Crippen LogP contribution in [0.25, 0.3) is 0 Å². The third-order valence-electron chi connectivity index (χ3n) is 3.33. The van der Waals surface area contributed by atoms with Gasteiger partial charge in [0.15, 0.2) is 9.84 Å². The van der Waals surface area contributed by atoms with Crippen LogP contribution in [0.4, 0.5) is 0 Å². The summed E-state index contributed by atoms with van der Waals surface area (Å²) in [6.07, 6.45) is 0.694. The maximum atomic E-state index is 11.6. The molecular formula is C13H22N2O3S2. The van der Waals surface area contributed by atoms with Gasteiger partial charge in [0.2, 0.25) is 0 Å². The normalized spacial score (nSPS) is 21.7. The van der Waals surface area contributed by atoms with Gasteiger partial charge in [0.1, 0.15) is 0 Å². The van der Waals surface area contributed by atoms with Crippen LogP contribution >= 0.6 is 11.3 Å². The molecule has 0 aliphatic carbocycles. The van der Waals surface area contributed by atoms with Crippen LogP contribution in [0.3, 0.4) is 0 Å². The Morgan fingerprint density at radius 3 is 2.80 bits per heavy atom. The number of thiazole rings is 1. The van der Waals surface area contributed by atoms with Crippen LogP contribution in [0.15, 0.2) is 0 Å². The highest BCUT2D eigenvalue weighted by atomic mass is 32.2. The highest BCUT2D eigenvalue weighted by Crippen LogP contribution is 2.33. The Balaban J connectivity index is 2.16. The molecule has 1 aromatic heterocycles. The molecule has 2 heterocycles. The molecule has 1 aliphatic heterocycles. The summed E-state index contributed by atoms with van der Waals surface area (Å²) in [6.45, 7) is 5.43. The van der Waals surface area contributed by atoms with Crippen molar-refractivity contribution >= 4 is 21.2 Å². The summed E-state index contributed by atoms with van der Waals surface area (Å²) in [4.78, 5) is 5.77. The number of sulfone groups is 1. The second-order valence-electron chi connectivity index (χ2n) is 5.49. The van der Waals surface area contributed by atoms with Crippen LogP contribution in [0.2, 0.25) is 0 Å². The van der Waals surface area contributed by atoms with Crippen molar-refractivity contribution in [3.63, 3.8) is 0 Å². The van der Waals surface area contributed by atoms with E-state index >= 15 is 0 Å². The minimum Gasteiger partial charge on any atom is -0.378 e. The molecule has 0 bridgehead atoms. The molecule has 0 radical (unpaired) electrons. The van der Waals surface area contributed by atoms with Crippen molar-refractivity contribution in [3.05, 3.63) is 15.6 Å². The van der Waals surface area contributed by atoms with Gasteiger partial charge in [-0.3, -0.25) is 0 Å². The SMILES string of the molecule is COCc1nc(C2CCS(=O)(=O)C2)sc1CNC(C)C. The summed E-state index contributed by atoms with van der Waals surface area (Å²) >= 11 is 1.62. The predicted octanol–water partition coefficient (Wildman–Crippen LogP) is 1.69. The number of ether oxygens (including phenoxy) is 1. The molecule has 0 amide bonds. The first kappa shape index (κ1) is 15.9. The van der Waals surface area contributed by atoms with E-state index in [0.717, 1.165) is 22.1 Å². The fourth-order valence-electron chi connectivity index (χ4n) is 2.25. The fourth-order valence-corrected chi connectivity index (χ4v) is 5.26. The zero-order valence-electron chi connectivity index (χ0n) is 12.2. The minimum absolute atomic E-state index is 0.0633. The molecule has 7 heteroatoms. The van der Waals surface area contributed by atoms with Gasteiger partial charge in [0.05, 0.1) is 28.8 Å². The molecule has 1 aromatic rings. The number of rotatable bonds is 6. The summed E-state index contributed by atoms with van der Waals surface area (Å²) in [5.74, 6) is 0.592. The second-order valence-corrected chi connectivity index (χ2v) is 8.83. The van der Waals surface area contributed by atoms with Gasteiger partial charge in [0, 0.05) is 30.5 Å². The van der Waals surface area contributed by atoms with Crippen molar-refractivity contribution in [1.82, 2.24) is 10.3 Å². The first-order valence-corrected chi connectivity index (χ1v) is 9.46. The fraction of sp³-hybridized carbons (Fsp3) is 0.769. The van der Waals surface area contributed by atoms with E-state index in [2.05, 4.69) is 24.1 Å². The molecule has 1 aliphatic rings. The van der Waals surface area contributed by atoms with Crippen molar-refractivity contribution < 1.29 is 13.2 Å². The van der Waals surface area contributed by atoms with Crippen LogP contribution in [0.1, 0.15) is 41.8 Å². The van der Waals surface area contributed by atoms with E-state index in [-0.39, 0.29) is 17.4 Å². The monoisotopic (exact) mass is 318 g/mol. The standard InChI is InChI=1S/C13H22N2O3S2/c1-9(2)14-6-12-11(7-18-3)15-13(19-12)10-4-5-20(16,17)8-10/h9-10,14H,4-8H2,1-3H3. The van der Waals surface area contributed by atoms with E-state index in [1.165, 1.54) is 0 Å². The van der Waals surface area contributed by atoms with Crippen LogP contribution in [0, 0.1) is 0 Å². The summed E-state index contributed by atoms with van der Waals surface area (Å²) in [7, 11) is -1.21. The number of hydrogen-bond donors (Lipinski definition) is 1. The molecule has 2 rings (SSSR count). The highest BCUT2D eigenvalue weighted by molar-refractivity contribution is 7.91. The Morgan fingerprint density at radius 2 is 2.25 bits per heavy atom. The summed E-state index contributed by atoms with van der Waals surface area (Å²) in [5, 5.41) is 4.32. The molecule has 0 aromatic carbocycles. The lowest BCUT2D eigenvalue weighted by atomic mass is 10.1. The van der Waals surface area contributed by atoms with Gasteiger partial charge in [-0.05, 0) is 6.42 Å². The third-order valence-corrected chi connectivity index (χ3v) is 6.36. The summed E-state index contributed by atoms with van der Waals surface area (Å²) in [5.41, 5.74) is 0.935. The maximum absolute atomic E-state index is 11.6. The van der Waals surface area contributed by atoms with Crippen molar-refractivity contribution in [2.24, 2.45) is 0 Å². The maximum Gasteiger partial charge on any atom is 0.151 e. The first-order chi connectivity index (χ1) is 9.41. The molecule has 0 spiro atoms. The highest BCUT2D eigenvalue weighted by Gasteiger charge is 2.31. The predicted molar refractivity (Wildman–Crippen MR) is 80.8 cm³/mol. The number of nitrogens with zero attached hydrogens (tertiary/aromatic N) is 1. The molecule has 1 saturated heterocycles. The van der Waals surface area contributed by atoms with Crippen LogP contribution in [-0.4, -0.2) is 38.1 Å². The van der Waals surface area contributed by atoms with Gasteiger partial charge in [-0.15, -0.1) is 11.3 Å². The van der Waals surface area contributed by atoms with Crippen LogP contribution in [-0.2, 0) is 27.7 Å². The zero-order chi connectivity index (χ0) is 14.8. The topological polar surface area (TPSA) is 68.3 Å². The average Bonchev–Trinajstić information content (AvgIpc) is 2.91. The number of methoxy groups -OCH3 is 1. The van der Waals surface area contributed by atoms with Gasteiger partial charge in [-0.1, -0.05) is 13.8 Å². The van der Waals surface area contributed by atoms with Crippen LogP contribution < -0.4 is 5.32 Å². The van der Waals surface area contributed by atoms with E-state index in [1.807, 2.05) is 0 Å². The van der Waals surface area contributed by atoms with Crippen molar-refractivity contribution in [2.75, 3.05) is 18.6 Å². The Hall–Kier alpha value is -0.500. The number of nitrogens with one attached hydrogen (secondary N) is 1. The lowest BCUT2D eigenvalue weighted by molar-refractivity contribution is 0.181. The third kappa shape index (κ3) is 4.00. The van der Waals surface area contributed by atoms with Crippen LogP contribution in [0.5, 0.6) is 0 Å². The van der Waals surface area contributed by atoms with E-state index in [9.17, 15) is 8.42 Å². The van der Waals surface area contributed by atoms with Crippen molar-refractivity contribution in [1.29, 1.82) is 0 Å². The average molecular weight is 318 g/mol. The number of aromatic nitrogens is 1. The Morgan fingerprint density at radius 1 is 1.50 bits per heavy atom. The van der Waals surface area contributed by atoms with Gasteiger partial charge in [0.25, 0.3) is 0 Å². The second kappa shape index (κ2) is 6.51. The summed E-state index contributed by atoms with van der Waals surface area (Å²) < 4.78 is 28.4. The molecule has 114 valence electrons. The molecule has 20 heavy (non-hydrogen) atoms. The Labute approximate surface area is 124 Å². The Bertz CT molecular complexity index is 552. The lowest BCUT2D eigenvalue weighted by Crippen LogP contribution is -2.21.